The van der Waals surface area contributed by atoms with Crippen molar-refractivity contribution in [2.45, 2.75) is 55.4 Å². The Morgan fingerprint density at radius 3 is 2.04 bits per heavy atom. The minimum atomic E-state index is 0.720. The van der Waals surface area contributed by atoms with Gasteiger partial charge in [0.25, 0.3) is 0 Å². The lowest BCUT2D eigenvalue weighted by molar-refractivity contribution is 1.14. The molecule has 1 aromatic heterocycles. The van der Waals surface area contributed by atoms with Crippen LogP contribution in [-0.2, 0) is 0 Å². The lowest BCUT2D eigenvalue weighted by Crippen LogP contribution is -2.02. The molecular formula is C22H37N3. The summed E-state index contributed by atoms with van der Waals surface area (Å²) in [7, 11) is 0. The molecular weight excluding hydrogens is 306 g/mol. The third kappa shape index (κ3) is 12.6. The van der Waals surface area contributed by atoms with E-state index in [9.17, 15) is 0 Å². The zero-order valence-corrected chi connectivity index (χ0v) is 17.4. The molecule has 1 rings (SSSR count). The number of nitrogens with one attached hydrogen (secondary N) is 1. The van der Waals surface area contributed by atoms with E-state index in [-0.39, 0.29) is 0 Å². The molecule has 1 aromatic rings. The lowest BCUT2D eigenvalue weighted by Gasteiger charge is -2.09. The van der Waals surface area contributed by atoms with Gasteiger partial charge in [-0.15, -0.1) is 0 Å². The molecule has 0 aliphatic heterocycles. The second kappa shape index (κ2) is 21.6. The van der Waals surface area contributed by atoms with Crippen LogP contribution in [0.3, 0.4) is 0 Å². The van der Waals surface area contributed by atoms with E-state index in [1.807, 2.05) is 91.8 Å². The van der Waals surface area contributed by atoms with E-state index in [0.29, 0.717) is 0 Å². The van der Waals surface area contributed by atoms with Gasteiger partial charge in [0.2, 0.25) is 0 Å². The zero-order valence-electron chi connectivity index (χ0n) is 17.4. The predicted molar refractivity (Wildman–Crippen MR) is 118 cm³/mol. The van der Waals surface area contributed by atoms with Crippen LogP contribution in [0.4, 0.5) is 5.82 Å². The van der Waals surface area contributed by atoms with Crippen molar-refractivity contribution >= 4 is 18.0 Å². The minimum Gasteiger partial charge on any atom is -0.340 e. The van der Waals surface area contributed by atoms with E-state index in [1.54, 1.807) is 6.08 Å². The van der Waals surface area contributed by atoms with Crippen LogP contribution in [0, 0.1) is 0 Å². The monoisotopic (exact) mass is 343 g/mol. The van der Waals surface area contributed by atoms with Gasteiger partial charge in [-0.05, 0) is 26.0 Å². The molecule has 0 aliphatic carbocycles. The van der Waals surface area contributed by atoms with Crippen LogP contribution in [0.1, 0.15) is 66.6 Å². The van der Waals surface area contributed by atoms with Crippen LogP contribution in [0.2, 0.25) is 0 Å². The highest BCUT2D eigenvalue weighted by molar-refractivity contribution is 5.72. The van der Waals surface area contributed by atoms with Gasteiger partial charge < -0.3 is 5.32 Å². The summed E-state index contributed by atoms with van der Waals surface area (Å²) in [6, 6.07) is 0. The van der Waals surface area contributed by atoms with Crippen LogP contribution in [0.25, 0.3) is 12.2 Å². The molecule has 0 atom stereocenters. The highest BCUT2D eigenvalue weighted by atomic mass is 15.0. The Hall–Kier alpha value is -2.42. The first-order valence-corrected chi connectivity index (χ1v) is 9.08. The van der Waals surface area contributed by atoms with Crippen molar-refractivity contribution in [3.8, 4) is 0 Å². The Labute approximate surface area is 156 Å². The topological polar surface area (TPSA) is 37.8 Å². The largest absolute Gasteiger partial charge is 0.340 e. The number of anilines is 1. The molecule has 0 saturated carbocycles. The molecule has 0 spiro atoms. The molecule has 0 amide bonds. The van der Waals surface area contributed by atoms with Crippen molar-refractivity contribution in [2.24, 2.45) is 0 Å². The van der Waals surface area contributed by atoms with E-state index in [0.717, 1.165) is 22.8 Å². The number of hydrogen-bond acceptors (Lipinski definition) is 3. The van der Waals surface area contributed by atoms with Crippen LogP contribution < -0.4 is 5.32 Å². The average Bonchev–Trinajstić information content (AvgIpc) is 2.68. The summed E-state index contributed by atoms with van der Waals surface area (Å²) in [6.07, 6.45) is 14.8. The van der Waals surface area contributed by atoms with E-state index >= 15 is 0 Å². The first kappa shape index (κ1) is 27.4. The number of allylic oxidation sites excluding steroid dienone is 5. The normalized spacial score (nSPS) is 9.44. The predicted octanol–water partition coefficient (Wildman–Crippen LogP) is 7.29. The van der Waals surface area contributed by atoms with Crippen molar-refractivity contribution < 1.29 is 0 Å². The van der Waals surface area contributed by atoms with Gasteiger partial charge in [0.05, 0.1) is 5.69 Å². The lowest BCUT2D eigenvalue weighted by atomic mass is 10.2. The standard InChI is InChI=1S/C16H19N3.3C2H6/c1-5-8-9-11-13(4)19-16-14(10-6-2)15(7-3)17-12-18-16;3*1-2/h5-12H,3-4H2,1-2H3,(H,17,18,19);3*1-2H3/b8-5-,10-6-,11-9-;;;. The number of rotatable bonds is 6. The van der Waals surface area contributed by atoms with Crippen LogP contribution in [-0.4, -0.2) is 9.97 Å². The molecule has 1 N–H and O–H groups in total. The molecule has 3 heteroatoms. The number of nitrogens with zero attached hydrogens (tertiary/aromatic N) is 2. The van der Waals surface area contributed by atoms with E-state index in [4.69, 9.17) is 0 Å². The fraction of sp³-hybridized carbons (Fsp3) is 0.364. The molecule has 0 aliphatic rings. The maximum atomic E-state index is 4.24. The summed E-state index contributed by atoms with van der Waals surface area (Å²) in [5.74, 6) is 0.720. The van der Waals surface area contributed by atoms with Gasteiger partial charge in [0.15, 0.2) is 0 Å². The molecule has 25 heavy (non-hydrogen) atoms. The van der Waals surface area contributed by atoms with Gasteiger partial charge in [-0.1, -0.05) is 85.1 Å². The SMILES string of the molecule is C=Cc1ncnc(NC(=C)/C=C\C=C/C)c1/C=C\C.CC.CC.CC. The zero-order chi connectivity index (χ0) is 20.1. The summed E-state index contributed by atoms with van der Waals surface area (Å²) in [5.41, 5.74) is 2.46. The molecule has 0 saturated heterocycles. The summed E-state index contributed by atoms with van der Waals surface area (Å²) in [4.78, 5) is 8.42. The summed E-state index contributed by atoms with van der Waals surface area (Å²) in [6.45, 7) is 23.6. The first-order valence-electron chi connectivity index (χ1n) is 9.08. The fourth-order valence-electron chi connectivity index (χ4n) is 1.48. The van der Waals surface area contributed by atoms with E-state index < -0.39 is 0 Å². The van der Waals surface area contributed by atoms with Crippen molar-refractivity contribution in [3.05, 3.63) is 66.8 Å². The first-order chi connectivity index (χ1) is 12.2. The average molecular weight is 344 g/mol. The van der Waals surface area contributed by atoms with Gasteiger partial charge in [-0.3, -0.25) is 0 Å². The quantitative estimate of drug-likeness (QED) is 0.551. The Bertz CT molecular complexity index is 538. The maximum absolute atomic E-state index is 4.24. The summed E-state index contributed by atoms with van der Waals surface area (Å²) >= 11 is 0. The van der Waals surface area contributed by atoms with Gasteiger partial charge in [0.1, 0.15) is 12.1 Å². The van der Waals surface area contributed by atoms with E-state index in [1.165, 1.54) is 6.33 Å². The molecule has 140 valence electrons. The Balaban J connectivity index is -0.000000725. The smallest absolute Gasteiger partial charge is 0.141 e. The maximum Gasteiger partial charge on any atom is 0.141 e. The minimum absolute atomic E-state index is 0.720. The number of aromatic nitrogens is 2. The van der Waals surface area contributed by atoms with Crippen molar-refractivity contribution in [2.75, 3.05) is 5.32 Å². The molecule has 0 bridgehead atoms. The highest BCUT2D eigenvalue weighted by Crippen LogP contribution is 2.19. The molecule has 0 fully saturated rings. The Morgan fingerprint density at radius 1 is 0.960 bits per heavy atom. The van der Waals surface area contributed by atoms with Crippen molar-refractivity contribution in [3.63, 3.8) is 0 Å². The number of hydrogen-bond donors (Lipinski definition) is 1. The third-order valence-electron chi connectivity index (χ3n) is 2.32. The van der Waals surface area contributed by atoms with Crippen LogP contribution in [0.5, 0.6) is 0 Å². The molecule has 0 unspecified atom stereocenters. The highest BCUT2D eigenvalue weighted by Gasteiger charge is 2.06. The van der Waals surface area contributed by atoms with Gasteiger partial charge in [0, 0.05) is 11.3 Å². The van der Waals surface area contributed by atoms with Crippen LogP contribution >= 0.6 is 0 Å². The second-order valence-electron chi connectivity index (χ2n) is 3.76. The Morgan fingerprint density at radius 2 is 1.56 bits per heavy atom. The summed E-state index contributed by atoms with van der Waals surface area (Å²) < 4.78 is 0. The molecule has 0 radical (unpaired) electrons. The molecule has 3 nitrogen and oxygen atoms in total. The van der Waals surface area contributed by atoms with Gasteiger partial charge in [-0.25, -0.2) is 9.97 Å². The molecule has 0 aromatic carbocycles. The third-order valence-corrected chi connectivity index (χ3v) is 2.32. The van der Waals surface area contributed by atoms with Crippen LogP contribution in [0.15, 0.2) is 55.6 Å². The summed E-state index contributed by atoms with van der Waals surface area (Å²) in [5, 5.41) is 3.16. The van der Waals surface area contributed by atoms with E-state index in [2.05, 4.69) is 28.4 Å². The fourth-order valence-corrected chi connectivity index (χ4v) is 1.48. The van der Waals surface area contributed by atoms with Gasteiger partial charge >= 0.3 is 0 Å². The Kier molecular flexibility index (Phi) is 23.7. The molecule has 1 heterocycles. The van der Waals surface area contributed by atoms with Crippen molar-refractivity contribution in [1.82, 2.24) is 9.97 Å². The second-order valence-corrected chi connectivity index (χ2v) is 3.76. The van der Waals surface area contributed by atoms with Crippen molar-refractivity contribution in [1.29, 1.82) is 0 Å². The van der Waals surface area contributed by atoms with Gasteiger partial charge in [-0.2, -0.15) is 0 Å².